The molecule has 2 aromatic carbocycles. The molecule has 7 heteroatoms. The van der Waals surface area contributed by atoms with Gasteiger partial charge in [-0.15, -0.1) is 0 Å². The van der Waals surface area contributed by atoms with Crippen molar-refractivity contribution >= 4 is 11.9 Å². The van der Waals surface area contributed by atoms with E-state index in [4.69, 9.17) is 14.2 Å². The standard InChI is InChI=1S/C22H25NO6/c1-14(22(25)26)23(17-9-10-17)21(24)16-11-18(27-2)20(19(12-16)28-3)29-13-15-7-5-4-6-8-15/h4-8,11-12,14,17H,9-10,13H2,1-3H3,(H,25,26). The fourth-order valence-corrected chi connectivity index (χ4v) is 3.15. The van der Waals surface area contributed by atoms with E-state index in [1.54, 1.807) is 12.1 Å². The molecule has 1 aliphatic carbocycles. The zero-order valence-corrected chi connectivity index (χ0v) is 16.8. The number of rotatable bonds is 9. The molecular formula is C22H25NO6. The lowest BCUT2D eigenvalue weighted by atomic mass is 10.1. The first-order chi connectivity index (χ1) is 14.0. The molecule has 1 aliphatic rings. The third kappa shape index (κ3) is 4.62. The fraction of sp³-hybridized carbons (Fsp3) is 0.364. The maximum Gasteiger partial charge on any atom is 0.326 e. The predicted molar refractivity (Wildman–Crippen MR) is 107 cm³/mol. The summed E-state index contributed by atoms with van der Waals surface area (Å²) < 4.78 is 16.8. The molecule has 7 nitrogen and oxygen atoms in total. The van der Waals surface area contributed by atoms with Crippen LogP contribution in [0.15, 0.2) is 42.5 Å². The number of carboxylic acid groups (broad SMARTS) is 1. The van der Waals surface area contributed by atoms with Crippen molar-refractivity contribution in [3.63, 3.8) is 0 Å². The second-order valence-corrected chi connectivity index (χ2v) is 6.94. The highest BCUT2D eigenvalue weighted by Crippen LogP contribution is 2.40. The second-order valence-electron chi connectivity index (χ2n) is 6.94. The van der Waals surface area contributed by atoms with Crippen LogP contribution < -0.4 is 14.2 Å². The topological polar surface area (TPSA) is 85.3 Å². The van der Waals surface area contributed by atoms with E-state index in [1.165, 1.54) is 26.0 Å². The summed E-state index contributed by atoms with van der Waals surface area (Å²) in [5.41, 5.74) is 1.28. The Bertz CT molecular complexity index is 853. The number of methoxy groups -OCH3 is 2. The molecule has 0 bridgehead atoms. The molecule has 2 aromatic rings. The fourth-order valence-electron chi connectivity index (χ4n) is 3.15. The third-order valence-electron chi connectivity index (χ3n) is 4.88. The molecule has 0 saturated heterocycles. The van der Waals surface area contributed by atoms with Gasteiger partial charge < -0.3 is 24.2 Å². The lowest BCUT2D eigenvalue weighted by Crippen LogP contribution is -2.44. The van der Waals surface area contributed by atoms with Crippen LogP contribution in [0, 0.1) is 0 Å². The summed E-state index contributed by atoms with van der Waals surface area (Å²) in [4.78, 5) is 26.0. The molecule has 0 heterocycles. The Labute approximate surface area is 169 Å². The van der Waals surface area contributed by atoms with Gasteiger partial charge in [-0.2, -0.15) is 0 Å². The molecular weight excluding hydrogens is 374 g/mol. The van der Waals surface area contributed by atoms with Crippen LogP contribution in [0.25, 0.3) is 0 Å². The van der Waals surface area contributed by atoms with Crippen LogP contribution in [0.4, 0.5) is 0 Å². The van der Waals surface area contributed by atoms with E-state index in [0.717, 1.165) is 18.4 Å². The van der Waals surface area contributed by atoms with Crippen LogP contribution in [0.5, 0.6) is 17.2 Å². The van der Waals surface area contributed by atoms with Crippen molar-refractivity contribution in [3.8, 4) is 17.2 Å². The van der Waals surface area contributed by atoms with Gasteiger partial charge >= 0.3 is 5.97 Å². The summed E-state index contributed by atoms with van der Waals surface area (Å²) in [6, 6.07) is 11.8. The Morgan fingerprint density at radius 2 is 1.69 bits per heavy atom. The second kappa shape index (κ2) is 8.86. The van der Waals surface area contributed by atoms with Crippen LogP contribution in [-0.4, -0.2) is 48.2 Å². The highest BCUT2D eigenvalue weighted by atomic mass is 16.5. The Balaban J connectivity index is 1.90. The maximum atomic E-state index is 13.1. The Hall–Kier alpha value is -3.22. The number of carbonyl (C=O) groups is 2. The van der Waals surface area contributed by atoms with Gasteiger partial charge in [-0.3, -0.25) is 4.79 Å². The van der Waals surface area contributed by atoms with Gasteiger partial charge in [-0.1, -0.05) is 30.3 Å². The highest BCUT2D eigenvalue weighted by molar-refractivity contribution is 5.98. The first-order valence-electron chi connectivity index (χ1n) is 9.44. The van der Waals surface area contributed by atoms with Gasteiger partial charge in [0.1, 0.15) is 12.6 Å². The van der Waals surface area contributed by atoms with Gasteiger partial charge in [0.25, 0.3) is 5.91 Å². The minimum atomic E-state index is -1.04. The van der Waals surface area contributed by atoms with Crippen molar-refractivity contribution in [1.29, 1.82) is 0 Å². The van der Waals surface area contributed by atoms with Gasteiger partial charge in [0.2, 0.25) is 5.75 Å². The van der Waals surface area contributed by atoms with E-state index < -0.39 is 12.0 Å². The van der Waals surface area contributed by atoms with E-state index >= 15 is 0 Å². The van der Waals surface area contributed by atoms with Crippen molar-refractivity contribution in [3.05, 3.63) is 53.6 Å². The Morgan fingerprint density at radius 3 is 2.17 bits per heavy atom. The number of aliphatic carboxylic acids is 1. The van der Waals surface area contributed by atoms with Crippen molar-refractivity contribution < 1.29 is 28.9 Å². The highest BCUT2D eigenvalue weighted by Gasteiger charge is 2.39. The van der Waals surface area contributed by atoms with Gasteiger partial charge in [-0.05, 0) is 37.5 Å². The van der Waals surface area contributed by atoms with Gasteiger partial charge in [0, 0.05) is 11.6 Å². The molecule has 1 unspecified atom stereocenters. The maximum absolute atomic E-state index is 13.1. The lowest BCUT2D eigenvalue weighted by Gasteiger charge is -2.27. The number of carboxylic acids is 1. The Morgan fingerprint density at radius 1 is 1.10 bits per heavy atom. The molecule has 0 radical (unpaired) electrons. The van der Waals surface area contributed by atoms with Crippen LogP contribution in [0.1, 0.15) is 35.7 Å². The number of carbonyl (C=O) groups excluding carboxylic acids is 1. The summed E-state index contributed by atoms with van der Waals surface area (Å²) in [6.07, 6.45) is 1.60. The lowest BCUT2D eigenvalue weighted by molar-refractivity contribution is -0.141. The van der Waals surface area contributed by atoms with E-state index in [0.29, 0.717) is 29.4 Å². The summed E-state index contributed by atoms with van der Waals surface area (Å²) in [7, 11) is 2.97. The summed E-state index contributed by atoms with van der Waals surface area (Å²) in [6.45, 7) is 1.83. The molecule has 1 atom stereocenters. The summed E-state index contributed by atoms with van der Waals surface area (Å²) >= 11 is 0. The first-order valence-corrected chi connectivity index (χ1v) is 9.44. The third-order valence-corrected chi connectivity index (χ3v) is 4.88. The van der Waals surface area contributed by atoms with E-state index in [9.17, 15) is 14.7 Å². The minimum Gasteiger partial charge on any atom is -0.493 e. The molecule has 1 saturated carbocycles. The monoisotopic (exact) mass is 399 g/mol. The number of benzene rings is 2. The van der Waals surface area contributed by atoms with Crippen molar-refractivity contribution in [2.45, 2.75) is 38.5 Å². The number of nitrogens with zero attached hydrogens (tertiary/aromatic N) is 1. The van der Waals surface area contributed by atoms with E-state index in [2.05, 4.69) is 0 Å². The minimum absolute atomic E-state index is 0.0559. The van der Waals surface area contributed by atoms with Gasteiger partial charge in [0.15, 0.2) is 11.5 Å². The summed E-state index contributed by atoms with van der Waals surface area (Å²) in [5.74, 6) is -0.315. The Kier molecular flexibility index (Phi) is 6.26. The molecule has 3 rings (SSSR count). The zero-order chi connectivity index (χ0) is 21.0. The number of hydrogen-bond acceptors (Lipinski definition) is 5. The first kappa shape index (κ1) is 20.5. The van der Waals surface area contributed by atoms with E-state index in [1.807, 2.05) is 30.3 Å². The smallest absolute Gasteiger partial charge is 0.326 e. The molecule has 0 aliphatic heterocycles. The zero-order valence-electron chi connectivity index (χ0n) is 16.8. The van der Waals surface area contributed by atoms with Crippen molar-refractivity contribution in [2.75, 3.05) is 14.2 Å². The average Bonchev–Trinajstić information content (AvgIpc) is 3.57. The molecule has 1 N–H and O–H groups in total. The normalized spacial score (nSPS) is 14.0. The van der Waals surface area contributed by atoms with Gasteiger partial charge in [0.05, 0.1) is 14.2 Å². The quantitative estimate of drug-likeness (QED) is 0.696. The number of amides is 1. The van der Waals surface area contributed by atoms with Crippen LogP contribution >= 0.6 is 0 Å². The SMILES string of the molecule is COc1cc(C(=O)N(C2CC2)C(C)C(=O)O)cc(OC)c1OCc1ccccc1. The van der Waals surface area contributed by atoms with E-state index in [-0.39, 0.29) is 11.9 Å². The summed E-state index contributed by atoms with van der Waals surface area (Å²) in [5, 5.41) is 9.39. The largest absolute Gasteiger partial charge is 0.493 e. The molecule has 29 heavy (non-hydrogen) atoms. The molecule has 154 valence electrons. The predicted octanol–water partition coefficient (Wildman–Crippen LogP) is 3.36. The molecule has 0 aromatic heterocycles. The molecule has 1 fully saturated rings. The molecule has 0 spiro atoms. The van der Waals surface area contributed by atoms with Crippen LogP contribution in [0.2, 0.25) is 0 Å². The van der Waals surface area contributed by atoms with Crippen LogP contribution in [-0.2, 0) is 11.4 Å². The average molecular weight is 399 g/mol. The van der Waals surface area contributed by atoms with Gasteiger partial charge in [-0.25, -0.2) is 4.79 Å². The van der Waals surface area contributed by atoms with Crippen molar-refractivity contribution in [2.24, 2.45) is 0 Å². The van der Waals surface area contributed by atoms with Crippen molar-refractivity contribution in [1.82, 2.24) is 4.90 Å². The van der Waals surface area contributed by atoms with Crippen LogP contribution in [0.3, 0.4) is 0 Å². The number of hydrogen-bond donors (Lipinski definition) is 1. The molecule has 1 amide bonds. The number of ether oxygens (including phenoxy) is 3.